The van der Waals surface area contributed by atoms with E-state index < -0.39 is 0 Å². The van der Waals surface area contributed by atoms with Crippen molar-refractivity contribution in [2.24, 2.45) is 0 Å². The van der Waals surface area contributed by atoms with Crippen molar-refractivity contribution in [1.29, 1.82) is 0 Å². The number of hydrogen-bond donors (Lipinski definition) is 0. The largest absolute Gasteiger partial charge is 0.295 e. The molecule has 3 heteroatoms. The van der Waals surface area contributed by atoms with E-state index in [1.54, 1.807) is 0 Å². The minimum absolute atomic E-state index is 0.150. The lowest BCUT2D eigenvalue weighted by Gasteiger charge is -2.19. The molecule has 0 radical (unpaired) electrons. The Morgan fingerprint density at radius 2 is 2.18 bits per heavy atom. The number of aldehydes is 1. The molecule has 0 bridgehead atoms. The summed E-state index contributed by atoms with van der Waals surface area (Å²) in [6, 6.07) is 0.284. The standard InChI is InChI=1S/C8H13NO2/c1-6-3-4-7(9(6)2)8(11)5-10/h5-7H,3-4H2,1-2H3. The first kappa shape index (κ1) is 8.40. The molecule has 0 N–H and O–H groups in total. The van der Waals surface area contributed by atoms with Crippen LogP contribution >= 0.6 is 0 Å². The maximum absolute atomic E-state index is 11.0. The first-order valence-electron chi connectivity index (χ1n) is 3.87. The number of carbonyl (C=O) groups is 2. The number of likely N-dealkylation sites (tertiary alicyclic amines) is 1. The molecule has 2 unspecified atom stereocenters. The Kier molecular flexibility index (Phi) is 2.39. The predicted molar refractivity (Wildman–Crippen MR) is 41.3 cm³/mol. The molecule has 0 aromatic carbocycles. The Morgan fingerprint density at radius 1 is 1.55 bits per heavy atom. The summed E-state index contributed by atoms with van der Waals surface area (Å²) in [5.74, 6) is -0.281. The molecule has 1 aliphatic heterocycles. The number of hydrogen-bond acceptors (Lipinski definition) is 3. The molecular weight excluding hydrogens is 142 g/mol. The van der Waals surface area contributed by atoms with Gasteiger partial charge in [-0.05, 0) is 26.8 Å². The van der Waals surface area contributed by atoms with Crippen LogP contribution in [-0.4, -0.2) is 36.1 Å². The van der Waals surface area contributed by atoms with Crippen LogP contribution in [0.5, 0.6) is 0 Å². The van der Waals surface area contributed by atoms with Crippen LogP contribution in [0.4, 0.5) is 0 Å². The Balaban J connectivity index is 2.61. The quantitative estimate of drug-likeness (QED) is 0.423. The summed E-state index contributed by atoms with van der Waals surface area (Å²) in [7, 11) is 1.89. The molecule has 3 nitrogen and oxygen atoms in total. The minimum atomic E-state index is -0.281. The van der Waals surface area contributed by atoms with Crippen LogP contribution in [0.2, 0.25) is 0 Å². The smallest absolute Gasteiger partial charge is 0.212 e. The summed E-state index contributed by atoms with van der Waals surface area (Å²) >= 11 is 0. The second-order valence-electron chi connectivity index (χ2n) is 3.13. The van der Waals surface area contributed by atoms with E-state index >= 15 is 0 Å². The zero-order valence-corrected chi connectivity index (χ0v) is 6.91. The third-order valence-electron chi connectivity index (χ3n) is 2.49. The average molecular weight is 155 g/mol. The third kappa shape index (κ3) is 1.48. The summed E-state index contributed by atoms with van der Waals surface area (Å²) in [5.41, 5.74) is 0. The van der Waals surface area contributed by atoms with Crippen molar-refractivity contribution < 1.29 is 9.59 Å². The van der Waals surface area contributed by atoms with Crippen LogP contribution in [0, 0.1) is 0 Å². The van der Waals surface area contributed by atoms with E-state index in [-0.39, 0.29) is 11.8 Å². The van der Waals surface area contributed by atoms with Crippen molar-refractivity contribution in [3.8, 4) is 0 Å². The topological polar surface area (TPSA) is 37.4 Å². The predicted octanol–water partition coefficient (Wildman–Crippen LogP) is 0.237. The lowest BCUT2D eigenvalue weighted by atomic mass is 10.1. The molecule has 1 aliphatic rings. The molecule has 11 heavy (non-hydrogen) atoms. The molecule has 1 rings (SSSR count). The van der Waals surface area contributed by atoms with Crippen molar-refractivity contribution in [2.45, 2.75) is 31.8 Å². The van der Waals surface area contributed by atoms with Crippen LogP contribution in [-0.2, 0) is 9.59 Å². The Morgan fingerprint density at radius 3 is 2.55 bits per heavy atom. The van der Waals surface area contributed by atoms with Gasteiger partial charge < -0.3 is 0 Å². The molecule has 0 amide bonds. The number of nitrogens with zero attached hydrogens (tertiary/aromatic N) is 1. The number of likely N-dealkylation sites (N-methyl/N-ethyl adjacent to an activating group) is 1. The first-order chi connectivity index (χ1) is 5.16. The van der Waals surface area contributed by atoms with Gasteiger partial charge in [0.1, 0.15) is 0 Å². The van der Waals surface area contributed by atoms with Gasteiger partial charge in [0, 0.05) is 6.04 Å². The Labute approximate surface area is 66.4 Å². The van der Waals surface area contributed by atoms with Gasteiger partial charge in [0.25, 0.3) is 0 Å². The van der Waals surface area contributed by atoms with Crippen molar-refractivity contribution in [3.63, 3.8) is 0 Å². The fraction of sp³-hybridized carbons (Fsp3) is 0.750. The summed E-state index contributed by atoms with van der Waals surface area (Å²) in [6.07, 6.45) is 2.27. The van der Waals surface area contributed by atoms with Crippen molar-refractivity contribution in [2.75, 3.05) is 7.05 Å². The van der Waals surface area contributed by atoms with Gasteiger partial charge in [0.15, 0.2) is 6.29 Å². The van der Waals surface area contributed by atoms with Crippen LogP contribution in [0.15, 0.2) is 0 Å². The monoisotopic (exact) mass is 155 g/mol. The van der Waals surface area contributed by atoms with E-state index in [4.69, 9.17) is 0 Å². The normalized spacial score (nSPS) is 32.2. The molecule has 2 atom stereocenters. The zero-order chi connectivity index (χ0) is 8.43. The van der Waals surface area contributed by atoms with Gasteiger partial charge in [0.2, 0.25) is 5.78 Å². The van der Waals surface area contributed by atoms with Crippen LogP contribution < -0.4 is 0 Å². The molecule has 0 spiro atoms. The summed E-state index contributed by atoms with van der Waals surface area (Å²) < 4.78 is 0. The summed E-state index contributed by atoms with van der Waals surface area (Å²) in [5, 5.41) is 0. The van der Waals surface area contributed by atoms with E-state index in [2.05, 4.69) is 6.92 Å². The van der Waals surface area contributed by atoms with Gasteiger partial charge in [-0.3, -0.25) is 14.5 Å². The molecule has 1 heterocycles. The molecule has 0 aliphatic carbocycles. The molecular formula is C8H13NO2. The van der Waals surface area contributed by atoms with Gasteiger partial charge in [-0.2, -0.15) is 0 Å². The number of carbonyl (C=O) groups excluding carboxylic acids is 2. The van der Waals surface area contributed by atoms with Gasteiger partial charge in [0.05, 0.1) is 6.04 Å². The van der Waals surface area contributed by atoms with Gasteiger partial charge >= 0.3 is 0 Å². The number of ketones is 1. The van der Waals surface area contributed by atoms with E-state index in [0.29, 0.717) is 12.3 Å². The first-order valence-corrected chi connectivity index (χ1v) is 3.87. The van der Waals surface area contributed by atoms with E-state index in [9.17, 15) is 9.59 Å². The maximum Gasteiger partial charge on any atom is 0.212 e. The SMILES string of the molecule is CC1CCC(C(=O)C=O)N1C. The Bertz CT molecular complexity index is 179. The third-order valence-corrected chi connectivity index (χ3v) is 2.49. The van der Waals surface area contributed by atoms with Crippen LogP contribution in [0.3, 0.4) is 0 Å². The van der Waals surface area contributed by atoms with E-state index in [1.165, 1.54) is 0 Å². The van der Waals surface area contributed by atoms with Crippen molar-refractivity contribution in [3.05, 3.63) is 0 Å². The van der Waals surface area contributed by atoms with Gasteiger partial charge in [-0.25, -0.2) is 0 Å². The van der Waals surface area contributed by atoms with Gasteiger partial charge in [-0.15, -0.1) is 0 Å². The average Bonchev–Trinajstić information content (AvgIpc) is 2.32. The second-order valence-corrected chi connectivity index (χ2v) is 3.13. The number of rotatable bonds is 2. The molecule has 0 saturated carbocycles. The van der Waals surface area contributed by atoms with Crippen LogP contribution in [0.25, 0.3) is 0 Å². The van der Waals surface area contributed by atoms with Crippen molar-refractivity contribution >= 4 is 12.1 Å². The van der Waals surface area contributed by atoms with Crippen LogP contribution in [0.1, 0.15) is 19.8 Å². The van der Waals surface area contributed by atoms with Gasteiger partial charge in [-0.1, -0.05) is 0 Å². The number of Topliss-reactive ketones (excluding diaryl/α,β-unsaturated/α-hetero) is 1. The highest BCUT2D eigenvalue weighted by Crippen LogP contribution is 2.21. The van der Waals surface area contributed by atoms with E-state index in [0.717, 1.165) is 12.8 Å². The Hall–Kier alpha value is -0.700. The van der Waals surface area contributed by atoms with E-state index in [1.807, 2.05) is 11.9 Å². The molecule has 0 aromatic rings. The van der Waals surface area contributed by atoms with Crippen molar-refractivity contribution in [1.82, 2.24) is 4.90 Å². The molecule has 0 aromatic heterocycles. The fourth-order valence-electron chi connectivity index (χ4n) is 1.54. The second kappa shape index (κ2) is 3.13. The molecule has 62 valence electrons. The minimum Gasteiger partial charge on any atom is -0.295 e. The highest BCUT2D eigenvalue weighted by Gasteiger charge is 2.31. The molecule has 1 fully saturated rings. The maximum atomic E-state index is 11.0. The summed E-state index contributed by atoms with van der Waals surface area (Å²) in [4.78, 5) is 23.1. The lowest BCUT2D eigenvalue weighted by molar-refractivity contribution is -0.132. The highest BCUT2D eigenvalue weighted by atomic mass is 16.2. The summed E-state index contributed by atoms with van der Waals surface area (Å²) in [6.45, 7) is 2.07. The highest BCUT2D eigenvalue weighted by molar-refractivity contribution is 6.27. The fourth-order valence-corrected chi connectivity index (χ4v) is 1.54. The lowest BCUT2D eigenvalue weighted by Crippen LogP contribution is -2.36. The zero-order valence-electron chi connectivity index (χ0n) is 6.91. The molecule has 1 saturated heterocycles.